The molecule has 0 unspecified atom stereocenters. The van der Waals surface area contributed by atoms with E-state index in [4.69, 9.17) is 11.2 Å². The van der Waals surface area contributed by atoms with Crippen molar-refractivity contribution >= 4 is 17.8 Å². The average molecular weight is 258 g/mol. The smallest absolute Gasteiger partial charge is 0.314 e. The van der Waals surface area contributed by atoms with E-state index in [2.05, 4.69) is 10.7 Å². The number of benzene rings is 1. The number of hydrogen-bond acceptors (Lipinski definition) is 4. The van der Waals surface area contributed by atoms with Crippen LogP contribution in [0.1, 0.15) is 12.0 Å². The van der Waals surface area contributed by atoms with Gasteiger partial charge in [-0.2, -0.15) is 0 Å². The molecule has 0 aliphatic carbocycles. The lowest BCUT2D eigenvalue weighted by Gasteiger charge is -2.03. The summed E-state index contributed by atoms with van der Waals surface area (Å²) in [5, 5.41) is 0. The molecule has 98 valence electrons. The van der Waals surface area contributed by atoms with Gasteiger partial charge in [0.25, 0.3) is 0 Å². The van der Waals surface area contributed by atoms with Gasteiger partial charge in [-0.1, -0.05) is 24.1 Å². The second-order valence-electron chi connectivity index (χ2n) is 3.58. The normalized spacial score (nSPS) is 9.89. The van der Waals surface area contributed by atoms with Crippen LogP contribution in [0, 0.1) is 12.3 Å². The number of ether oxygens (including phenoxy) is 2. The summed E-state index contributed by atoms with van der Waals surface area (Å²) in [6.45, 7) is -0.123. The summed E-state index contributed by atoms with van der Waals surface area (Å²) in [7, 11) is 1.55. The molecule has 0 aliphatic heterocycles. The van der Waals surface area contributed by atoms with Gasteiger partial charge in [-0.05, 0) is 18.2 Å². The summed E-state index contributed by atoms with van der Waals surface area (Å²) in [4.78, 5) is 22.7. The van der Waals surface area contributed by atoms with Crippen molar-refractivity contribution in [1.82, 2.24) is 0 Å². The van der Waals surface area contributed by atoms with Gasteiger partial charge in [0.1, 0.15) is 12.2 Å². The van der Waals surface area contributed by atoms with Gasteiger partial charge >= 0.3 is 5.97 Å². The van der Waals surface area contributed by atoms with Crippen LogP contribution in [0.25, 0.3) is 6.08 Å². The van der Waals surface area contributed by atoms with Crippen LogP contribution >= 0.6 is 0 Å². The van der Waals surface area contributed by atoms with Gasteiger partial charge < -0.3 is 9.47 Å². The van der Waals surface area contributed by atoms with Crippen molar-refractivity contribution in [2.45, 2.75) is 6.42 Å². The predicted molar refractivity (Wildman–Crippen MR) is 71.4 cm³/mol. The first-order chi connectivity index (χ1) is 9.17. The fraction of sp³-hybridized carbons (Fsp3) is 0.200. The molecule has 0 aliphatic rings. The minimum absolute atomic E-state index is 0.123. The number of rotatable bonds is 6. The summed E-state index contributed by atoms with van der Waals surface area (Å²) in [5.41, 5.74) is 0.760. The monoisotopic (exact) mass is 258 g/mol. The second-order valence-corrected chi connectivity index (χ2v) is 3.58. The molecule has 1 aromatic carbocycles. The van der Waals surface area contributed by atoms with E-state index < -0.39 is 5.97 Å². The van der Waals surface area contributed by atoms with E-state index in [9.17, 15) is 9.59 Å². The molecule has 0 aromatic heterocycles. The second kappa shape index (κ2) is 7.72. The number of carbonyl (C=O) groups is 2. The lowest BCUT2D eigenvalue weighted by atomic mass is 10.1. The maximum absolute atomic E-state index is 11.5. The van der Waals surface area contributed by atoms with Crippen LogP contribution in [0.5, 0.6) is 5.75 Å². The zero-order valence-electron chi connectivity index (χ0n) is 10.6. The van der Waals surface area contributed by atoms with E-state index in [0.717, 1.165) is 5.56 Å². The third kappa shape index (κ3) is 5.09. The van der Waals surface area contributed by atoms with Gasteiger partial charge in [0, 0.05) is 5.56 Å². The van der Waals surface area contributed by atoms with Crippen molar-refractivity contribution in [2.24, 2.45) is 0 Å². The SMILES string of the molecule is C#CCOC(=O)CC(=O)C=Cc1ccccc1OC. The van der Waals surface area contributed by atoms with Crippen LogP contribution in [-0.2, 0) is 14.3 Å². The molecule has 0 atom stereocenters. The molecular formula is C15H14O4. The quantitative estimate of drug-likeness (QED) is 0.338. The molecule has 1 rings (SSSR count). The molecule has 0 saturated heterocycles. The molecule has 0 radical (unpaired) electrons. The zero-order valence-corrected chi connectivity index (χ0v) is 10.6. The van der Waals surface area contributed by atoms with E-state index >= 15 is 0 Å². The van der Waals surface area contributed by atoms with Crippen LogP contribution < -0.4 is 4.74 Å². The van der Waals surface area contributed by atoms with Gasteiger partial charge in [-0.25, -0.2) is 0 Å². The van der Waals surface area contributed by atoms with Crippen molar-refractivity contribution < 1.29 is 19.1 Å². The highest BCUT2D eigenvalue weighted by atomic mass is 16.5. The van der Waals surface area contributed by atoms with E-state index in [1.54, 1.807) is 25.3 Å². The highest BCUT2D eigenvalue weighted by molar-refractivity contribution is 6.04. The third-order valence-corrected chi connectivity index (χ3v) is 2.22. The largest absolute Gasteiger partial charge is 0.496 e. The molecule has 4 heteroatoms. The number of hydrogen-bond donors (Lipinski definition) is 0. The molecule has 0 saturated carbocycles. The summed E-state index contributed by atoms with van der Waals surface area (Å²) in [5.74, 6) is 1.82. The number of esters is 1. The van der Waals surface area contributed by atoms with Gasteiger partial charge in [0.05, 0.1) is 7.11 Å². The summed E-state index contributed by atoms with van der Waals surface area (Å²) < 4.78 is 9.74. The molecule has 19 heavy (non-hydrogen) atoms. The van der Waals surface area contributed by atoms with Gasteiger partial charge in [0.2, 0.25) is 0 Å². The van der Waals surface area contributed by atoms with Crippen molar-refractivity contribution in [2.75, 3.05) is 13.7 Å². The number of methoxy groups -OCH3 is 1. The fourth-order valence-electron chi connectivity index (χ4n) is 1.36. The standard InChI is InChI=1S/C15H14O4/c1-3-10-19-15(17)11-13(16)9-8-12-6-4-5-7-14(12)18-2/h1,4-9H,10-11H2,2H3. The Kier molecular flexibility index (Phi) is 5.90. The van der Waals surface area contributed by atoms with E-state index in [0.29, 0.717) is 5.75 Å². The highest BCUT2D eigenvalue weighted by Crippen LogP contribution is 2.18. The first-order valence-electron chi connectivity index (χ1n) is 5.60. The van der Waals surface area contributed by atoms with Crippen molar-refractivity contribution in [3.8, 4) is 18.1 Å². The van der Waals surface area contributed by atoms with Gasteiger partial charge in [0.15, 0.2) is 12.4 Å². The Hall–Kier alpha value is -2.54. The summed E-state index contributed by atoms with van der Waals surface area (Å²) in [6.07, 6.45) is 7.52. The lowest BCUT2D eigenvalue weighted by molar-refractivity contribution is -0.143. The van der Waals surface area contributed by atoms with Crippen molar-refractivity contribution in [3.05, 3.63) is 35.9 Å². The Labute approximate surface area is 112 Å². The van der Waals surface area contributed by atoms with Crippen LogP contribution in [0.15, 0.2) is 30.3 Å². The van der Waals surface area contributed by atoms with E-state index in [1.165, 1.54) is 6.08 Å². The molecule has 0 N–H and O–H groups in total. The summed E-state index contributed by atoms with van der Waals surface area (Å²) >= 11 is 0. The van der Waals surface area contributed by atoms with Crippen LogP contribution in [0.4, 0.5) is 0 Å². The summed E-state index contributed by atoms with van der Waals surface area (Å²) in [6, 6.07) is 7.24. The van der Waals surface area contributed by atoms with Crippen molar-refractivity contribution in [1.29, 1.82) is 0 Å². The van der Waals surface area contributed by atoms with Crippen LogP contribution in [-0.4, -0.2) is 25.5 Å². The Balaban J connectivity index is 2.59. The minimum Gasteiger partial charge on any atom is -0.496 e. The maximum Gasteiger partial charge on any atom is 0.314 e. The van der Waals surface area contributed by atoms with Gasteiger partial charge in [-0.15, -0.1) is 6.42 Å². The average Bonchev–Trinajstić information content (AvgIpc) is 2.43. The zero-order chi connectivity index (χ0) is 14.1. The Bertz CT molecular complexity index is 523. The first-order valence-corrected chi connectivity index (χ1v) is 5.60. The number of carbonyl (C=O) groups excluding carboxylic acids is 2. The topological polar surface area (TPSA) is 52.6 Å². The van der Waals surface area contributed by atoms with Gasteiger partial charge in [-0.3, -0.25) is 9.59 Å². The maximum atomic E-state index is 11.5. The Morgan fingerprint density at radius 2 is 2.11 bits per heavy atom. The first kappa shape index (κ1) is 14.5. The minimum atomic E-state index is -0.632. The molecule has 0 bridgehead atoms. The van der Waals surface area contributed by atoms with Crippen LogP contribution in [0.2, 0.25) is 0 Å². The number of para-hydroxylation sites is 1. The molecule has 1 aromatic rings. The number of allylic oxidation sites excluding steroid dienone is 1. The number of ketones is 1. The molecular weight excluding hydrogens is 244 g/mol. The molecule has 0 fully saturated rings. The molecule has 0 heterocycles. The molecule has 0 amide bonds. The molecule has 4 nitrogen and oxygen atoms in total. The van der Waals surface area contributed by atoms with E-state index in [-0.39, 0.29) is 18.8 Å². The molecule has 0 spiro atoms. The third-order valence-electron chi connectivity index (χ3n) is 2.22. The lowest BCUT2D eigenvalue weighted by Crippen LogP contribution is -2.09. The Morgan fingerprint density at radius 3 is 2.79 bits per heavy atom. The number of terminal acetylenes is 1. The van der Waals surface area contributed by atoms with E-state index in [1.807, 2.05) is 12.1 Å². The van der Waals surface area contributed by atoms with Crippen molar-refractivity contribution in [3.63, 3.8) is 0 Å². The fourth-order valence-corrected chi connectivity index (χ4v) is 1.36. The highest BCUT2D eigenvalue weighted by Gasteiger charge is 2.07. The predicted octanol–water partition coefficient (Wildman–Crippen LogP) is 1.84. The van der Waals surface area contributed by atoms with Crippen LogP contribution in [0.3, 0.4) is 0 Å². The Morgan fingerprint density at radius 1 is 1.37 bits per heavy atom.